The number of nitrogens with zero attached hydrogens (tertiary/aromatic N) is 2. The molecule has 0 aromatic heterocycles. The summed E-state index contributed by atoms with van der Waals surface area (Å²) in [6, 6.07) is 0. The van der Waals surface area contributed by atoms with Crippen molar-refractivity contribution in [3.05, 3.63) is 11.3 Å². The fourth-order valence-corrected chi connectivity index (χ4v) is 1.16. The van der Waals surface area contributed by atoms with Crippen LogP contribution in [-0.4, -0.2) is 6.54 Å². The molecule has 0 spiro atoms. The molecule has 0 saturated heterocycles. The van der Waals surface area contributed by atoms with Crippen LogP contribution >= 0.6 is 0 Å². The van der Waals surface area contributed by atoms with Crippen molar-refractivity contribution in [2.45, 2.75) is 27.7 Å². The summed E-state index contributed by atoms with van der Waals surface area (Å²) < 4.78 is 0. The minimum atomic E-state index is 0.171. The highest BCUT2D eigenvalue weighted by atomic mass is 15.1. The van der Waals surface area contributed by atoms with Gasteiger partial charge in [0.1, 0.15) is 0 Å². The number of rotatable bonds is 0. The van der Waals surface area contributed by atoms with Crippen molar-refractivity contribution in [3.8, 4) is 0 Å². The van der Waals surface area contributed by atoms with Crippen molar-refractivity contribution in [3.63, 3.8) is 0 Å². The lowest BCUT2D eigenvalue weighted by atomic mass is 9.90. The second-order valence-electron chi connectivity index (χ2n) is 3.78. The van der Waals surface area contributed by atoms with E-state index >= 15 is 0 Å². The zero-order valence-electron chi connectivity index (χ0n) is 7.10. The van der Waals surface area contributed by atoms with E-state index < -0.39 is 0 Å². The normalized spacial score (nSPS) is 18.8. The van der Waals surface area contributed by atoms with Crippen LogP contribution in [0.15, 0.2) is 21.5 Å². The van der Waals surface area contributed by atoms with Crippen molar-refractivity contribution >= 4 is 0 Å². The third kappa shape index (κ3) is 1.25. The van der Waals surface area contributed by atoms with E-state index in [0.717, 1.165) is 12.2 Å². The van der Waals surface area contributed by atoms with Crippen LogP contribution in [0, 0.1) is 5.41 Å². The molecule has 0 radical (unpaired) electrons. The Hall–Kier alpha value is -0.660. The zero-order chi connectivity index (χ0) is 7.78. The summed E-state index contributed by atoms with van der Waals surface area (Å²) >= 11 is 0. The third-order valence-corrected chi connectivity index (χ3v) is 1.59. The van der Waals surface area contributed by atoms with E-state index in [-0.39, 0.29) is 5.41 Å². The molecule has 1 aliphatic heterocycles. The predicted octanol–water partition coefficient (Wildman–Crippen LogP) is 2.77. The molecule has 0 saturated carbocycles. The quantitative estimate of drug-likeness (QED) is 0.491. The SMILES string of the molecule is CC1=C(C(C)(C)C)N=NC1. The first kappa shape index (κ1) is 7.45. The fourth-order valence-electron chi connectivity index (χ4n) is 1.16. The summed E-state index contributed by atoms with van der Waals surface area (Å²) in [6.07, 6.45) is 0. The maximum atomic E-state index is 4.09. The second-order valence-corrected chi connectivity index (χ2v) is 3.78. The van der Waals surface area contributed by atoms with Crippen LogP contribution < -0.4 is 0 Å². The van der Waals surface area contributed by atoms with Crippen molar-refractivity contribution < 1.29 is 0 Å². The molecule has 2 nitrogen and oxygen atoms in total. The van der Waals surface area contributed by atoms with E-state index in [1.807, 2.05) is 0 Å². The minimum Gasteiger partial charge on any atom is -0.184 e. The molecule has 10 heavy (non-hydrogen) atoms. The van der Waals surface area contributed by atoms with Crippen LogP contribution in [0.25, 0.3) is 0 Å². The molecule has 0 aromatic carbocycles. The fraction of sp³-hybridized carbons (Fsp3) is 0.750. The molecule has 0 amide bonds. The Balaban J connectivity index is 2.91. The summed E-state index contributed by atoms with van der Waals surface area (Å²) in [5.41, 5.74) is 2.64. The average Bonchev–Trinajstić information content (AvgIpc) is 2.11. The Morgan fingerprint density at radius 3 is 2.10 bits per heavy atom. The van der Waals surface area contributed by atoms with E-state index in [1.165, 1.54) is 5.57 Å². The van der Waals surface area contributed by atoms with E-state index in [9.17, 15) is 0 Å². The van der Waals surface area contributed by atoms with Gasteiger partial charge in [0, 0.05) is 5.41 Å². The summed E-state index contributed by atoms with van der Waals surface area (Å²) in [4.78, 5) is 0. The van der Waals surface area contributed by atoms with Gasteiger partial charge >= 0.3 is 0 Å². The molecular formula is C8H14N2. The van der Waals surface area contributed by atoms with Gasteiger partial charge in [-0.1, -0.05) is 20.8 Å². The number of hydrogen-bond donors (Lipinski definition) is 0. The summed E-state index contributed by atoms with van der Waals surface area (Å²) in [6.45, 7) is 9.38. The van der Waals surface area contributed by atoms with Crippen molar-refractivity contribution in [2.75, 3.05) is 6.54 Å². The molecule has 0 aromatic rings. The Bertz CT molecular complexity index is 194. The number of allylic oxidation sites excluding steroid dienone is 1. The topological polar surface area (TPSA) is 24.7 Å². The molecule has 1 rings (SSSR count). The van der Waals surface area contributed by atoms with Gasteiger partial charge < -0.3 is 0 Å². The lowest BCUT2D eigenvalue weighted by Gasteiger charge is -2.17. The maximum Gasteiger partial charge on any atom is 0.0832 e. The molecule has 2 heteroatoms. The lowest BCUT2D eigenvalue weighted by Crippen LogP contribution is -2.07. The summed E-state index contributed by atoms with van der Waals surface area (Å²) in [7, 11) is 0. The first-order chi connectivity index (χ1) is 4.52. The first-order valence-corrected chi connectivity index (χ1v) is 3.59. The van der Waals surface area contributed by atoms with Crippen molar-refractivity contribution in [1.82, 2.24) is 0 Å². The van der Waals surface area contributed by atoms with Gasteiger partial charge in [0.15, 0.2) is 0 Å². The van der Waals surface area contributed by atoms with E-state index in [0.29, 0.717) is 0 Å². The highest BCUT2D eigenvalue weighted by Gasteiger charge is 2.21. The van der Waals surface area contributed by atoms with Gasteiger partial charge in [-0.15, -0.1) is 0 Å². The van der Waals surface area contributed by atoms with Gasteiger partial charge in [0.25, 0.3) is 0 Å². The van der Waals surface area contributed by atoms with E-state index in [2.05, 4.69) is 37.9 Å². The minimum absolute atomic E-state index is 0.171. The van der Waals surface area contributed by atoms with E-state index in [1.54, 1.807) is 0 Å². The molecule has 0 fully saturated rings. The molecule has 0 N–H and O–H groups in total. The van der Waals surface area contributed by atoms with Crippen molar-refractivity contribution in [2.24, 2.45) is 15.6 Å². The van der Waals surface area contributed by atoms with Gasteiger partial charge in [-0.2, -0.15) is 10.2 Å². The molecule has 0 atom stereocenters. The van der Waals surface area contributed by atoms with Gasteiger partial charge in [0.05, 0.1) is 12.2 Å². The van der Waals surface area contributed by atoms with Crippen LogP contribution in [0.2, 0.25) is 0 Å². The zero-order valence-corrected chi connectivity index (χ0v) is 7.10. The standard InChI is InChI=1S/C8H14N2/c1-6-5-9-10-7(6)8(2,3)4/h5H2,1-4H3. The molecule has 0 unspecified atom stereocenters. The molecule has 0 bridgehead atoms. The highest BCUT2D eigenvalue weighted by Crippen LogP contribution is 2.32. The smallest absolute Gasteiger partial charge is 0.0832 e. The predicted molar refractivity (Wildman–Crippen MR) is 41.9 cm³/mol. The first-order valence-electron chi connectivity index (χ1n) is 3.59. The summed E-state index contributed by atoms with van der Waals surface area (Å²) in [5, 5.41) is 8.06. The Morgan fingerprint density at radius 2 is 1.90 bits per heavy atom. The lowest BCUT2D eigenvalue weighted by molar-refractivity contribution is 0.493. The van der Waals surface area contributed by atoms with Crippen LogP contribution in [-0.2, 0) is 0 Å². The Kier molecular flexibility index (Phi) is 1.63. The molecule has 1 heterocycles. The molecular weight excluding hydrogens is 124 g/mol. The Labute approximate surface area is 62.0 Å². The Morgan fingerprint density at radius 1 is 1.30 bits per heavy atom. The van der Waals surface area contributed by atoms with Crippen LogP contribution in [0.5, 0.6) is 0 Å². The second kappa shape index (κ2) is 2.19. The van der Waals surface area contributed by atoms with Crippen LogP contribution in [0.3, 0.4) is 0 Å². The average molecular weight is 138 g/mol. The van der Waals surface area contributed by atoms with Crippen LogP contribution in [0.1, 0.15) is 27.7 Å². The molecule has 56 valence electrons. The monoisotopic (exact) mass is 138 g/mol. The van der Waals surface area contributed by atoms with Gasteiger partial charge in [-0.05, 0) is 12.5 Å². The maximum absolute atomic E-state index is 4.09. The molecule has 0 aliphatic carbocycles. The number of hydrogen-bond acceptors (Lipinski definition) is 2. The van der Waals surface area contributed by atoms with E-state index in [4.69, 9.17) is 0 Å². The summed E-state index contributed by atoms with van der Waals surface area (Å²) in [5.74, 6) is 0. The number of azo groups is 1. The van der Waals surface area contributed by atoms with Gasteiger partial charge in [0.2, 0.25) is 0 Å². The van der Waals surface area contributed by atoms with Gasteiger partial charge in [-0.3, -0.25) is 0 Å². The van der Waals surface area contributed by atoms with Crippen LogP contribution in [0.4, 0.5) is 0 Å². The largest absolute Gasteiger partial charge is 0.184 e. The molecule has 1 aliphatic rings. The van der Waals surface area contributed by atoms with Gasteiger partial charge in [-0.25, -0.2) is 0 Å². The van der Waals surface area contributed by atoms with Crippen molar-refractivity contribution in [1.29, 1.82) is 0 Å². The third-order valence-electron chi connectivity index (χ3n) is 1.59. The highest BCUT2D eigenvalue weighted by molar-refractivity contribution is 5.20.